The number of hydrogen-bond acceptors (Lipinski definition) is 3. The van der Waals surface area contributed by atoms with Gasteiger partial charge in [-0.3, -0.25) is 19.1 Å². The molecule has 2 rings (SSSR count). The first-order chi connectivity index (χ1) is 9.61. The largest absolute Gasteiger partial charge is 0.329 e. The third-order valence-electron chi connectivity index (χ3n) is 2.75. The Hall–Kier alpha value is -2.63. The van der Waals surface area contributed by atoms with Gasteiger partial charge in [0.15, 0.2) is 0 Å². The molecular weight excluding hydrogens is 258 g/mol. The summed E-state index contributed by atoms with van der Waals surface area (Å²) in [7, 11) is 0. The van der Waals surface area contributed by atoms with E-state index in [1.54, 1.807) is 30.3 Å². The first-order valence-corrected chi connectivity index (χ1v) is 6.32. The third kappa shape index (κ3) is 3.03. The average Bonchev–Trinajstić information content (AvgIpc) is 2.44. The Kier molecular flexibility index (Phi) is 4.14. The minimum Gasteiger partial charge on any atom is -0.308 e. The summed E-state index contributed by atoms with van der Waals surface area (Å²) >= 11 is 0. The van der Waals surface area contributed by atoms with Crippen LogP contribution < -0.4 is 16.6 Å². The molecule has 0 aliphatic carbocycles. The highest BCUT2D eigenvalue weighted by molar-refractivity contribution is 6.03. The molecular formula is C14H15N3O3. The highest BCUT2D eigenvalue weighted by Crippen LogP contribution is 2.03. The second kappa shape index (κ2) is 6.01. The number of hydrogen-bond donors (Lipinski definition) is 2. The lowest BCUT2D eigenvalue weighted by molar-refractivity contribution is 0.102. The van der Waals surface area contributed by atoms with E-state index in [0.717, 1.165) is 4.57 Å². The maximum absolute atomic E-state index is 11.9. The van der Waals surface area contributed by atoms with Gasteiger partial charge in [0.1, 0.15) is 5.82 Å². The van der Waals surface area contributed by atoms with Gasteiger partial charge in [-0.05, 0) is 18.6 Å². The fraction of sp³-hybridized carbons (Fsp3) is 0.214. The molecule has 0 unspecified atom stereocenters. The molecule has 1 aromatic heterocycles. The Morgan fingerprint density at radius 1 is 1.25 bits per heavy atom. The normalized spacial score (nSPS) is 10.2. The van der Waals surface area contributed by atoms with Crippen LogP contribution in [0.25, 0.3) is 0 Å². The van der Waals surface area contributed by atoms with Crippen LogP contribution in [0.2, 0.25) is 0 Å². The van der Waals surface area contributed by atoms with Crippen LogP contribution in [0.3, 0.4) is 0 Å². The predicted molar refractivity (Wildman–Crippen MR) is 76.0 cm³/mol. The zero-order chi connectivity index (χ0) is 14.5. The SMILES string of the molecule is CCCn1c(=O)cc(NC(=O)c2ccccc2)[nH]c1=O. The molecule has 6 nitrogen and oxygen atoms in total. The fourth-order valence-corrected chi connectivity index (χ4v) is 1.81. The Morgan fingerprint density at radius 3 is 2.55 bits per heavy atom. The van der Waals surface area contributed by atoms with E-state index in [9.17, 15) is 14.4 Å². The maximum Gasteiger partial charge on any atom is 0.329 e. The Balaban J connectivity index is 2.25. The lowest BCUT2D eigenvalue weighted by Gasteiger charge is -2.07. The van der Waals surface area contributed by atoms with Crippen molar-refractivity contribution < 1.29 is 4.79 Å². The van der Waals surface area contributed by atoms with E-state index in [0.29, 0.717) is 18.5 Å². The summed E-state index contributed by atoms with van der Waals surface area (Å²) in [5.41, 5.74) is -0.507. The molecule has 0 fully saturated rings. The summed E-state index contributed by atoms with van der Waals surface area (Å²) < 4.78 is 1.10. The first kappa shape index (κ1) is 13.8. The molecule has 0 spiro atoms. The zero-order valence-electron chi connectivity index (χ0n) is 11.1. The minimum atomic E-state index is -0.525. The van der Waals surface area contributed by atoms with Gasteiger partial charge in [0.25, 0.3) is 11.5 Å². The molecule has 20 heavy (non-hydrogen) atoms. The van der Waals surface area contributed by atoms with E-state index < -0.39 is 11.2 Å². The minimum absolute atomic E-state index is 0.0983. The van der Waals surface area contributed by atoms with Crippen molar-refractivity contribution in [2.45, 2.75) is 19.9 Å². The summed E-state index contributed by atoms with van der Waals surface area (Å²) in [4.78, 5) is 37.9. The van der Waals surface area contributed by atoms with E-state index >= 15 is 0 Å². The molecule has 1 heterocycles. The summed E-state index contributed by atoms with van der Waals surface area (Å²) in [5.74, 6) is -0.282. The maximum atomic E-state index is 11.9. The molecule has 6 heteroatoms. The van der Waals surface area contributed by atoms with Crippen molar-refractivity contribution in [3.8, 4) is 0 Å². The number of benzene rings is 1. The van der Waals surface area contributed by atoms with E-state index in [2.05, 4.69) is 10.3 Å². The quantitative estimate of drug-likeness (QED) is 0.877. The molecule has 0 saturated heterocycles. The second-order valence-corrected chi connectivity index (χ2v) is 4.30. The van der Waals surface area contributed by atoms with Gasteiger partial charge in [0.2, 0.25) is 0 Å². The molecule has 0 aliphatic heterocycles. The van der Waals surface area contributed by atoms with Gasteiger partial charge in [0, 0.05) is 18.2 Å². The van der Waals surface area contributed by atoms with Crippen LogP contribution in [0.15, 0.2) is 46.0 Å². The van der Waals surface area contributed by atoms with Crippen molar-refractivity contribution in [2.24, 2.45) is 0 Å². The highest BCUT2D eigenvalue weighted by Gasteiger charge is 2.08. The topological polar surface area (TPSA) is 84.0 Å². The van der Waals surface area contributed by atoms with Crippen LogP contribution in [-0.2, 0) is 6.54 Å². The summed E-state index contributed by atoms with van der Waals surface area (Å²) in [6.07, 6.45) is 0.679. The number of nitrogens with one attached hydrogen (secondary N) is 2. The molecule has 104 valence electrons. The fourth-order valence-electron chi connectivity index (χ4n) is 1.81. The molecule has 1 aromatic carbocycles. The van der Waals surface area contributed by atoms with Crippen molar-refractivity contribution >= 4 is 11.7 Å². The van der Waals surface area contributed by atoms with Crippen molar-refractivity contribution in [1.29, 1.82) is 0 Å². The lowest BCUT2D eigenvalue weighted by atomic mass is 10.2. The third-order valence-corrected chi connectivity index (χ3v) is 2.75. The standard InChI is InChI=1S/C14H15N3O3/c1-2-8-17-12(18)9-11(16-14(17)20)15-13(19)10-6-4-3-5-7-10/h3-7,9H,2,8H2,1H3,(H,15,19)(H,16,20). The van der Waals surface area contributed by atoms with Gasteiger partial charge in [-0.15, -0.1) is 0 Å². The molecule has 1 amide bonds. The Bertz CT molecular complexity index is 685. The summed E-state index contributed by atoms with van der Waals surface area (Å²) in [6.45, 7) is 2.22. The molecule has 0 saturated carbocycles. The van der Waals surface area contributed by atoms with E-state index in [-0.39, 0.29) is 11.7 Å². The average molecular weight is 273 g/mol. The Morgan fingerprint density at radius 2 is 1.95 bits per heavy atom. The van der Waals surface area contributed by atoms with Crippen LogP contribution >= 0.6 is 0 Å². The molecule has 2 N–H and O–H groups in total. The van der Waals surface area contributed by atoms with Gasteiger partial charge < -0.3 is 5.32 Å². The van der Waals surface area contributed by atoms with Crippen LogP contribution in [-0.4, -0.2) is 15.5 Å². The molecule has 0 atom stereocenters. The number of H-pyrrole nitrogens is 1. The van der Waals surface area contributed by atoms with Gasteiger partial charge in [0.05, 0.1) is 0 Å². The molecule has 0 radical (unpaired) electrons. The zero-order valence-corrected chi connectivity index (χ0v) is 11.1. The number of rotatable bonds is 4. The van der Waals surface area contributed by atoms with E-state index in [1.165, 1.54) is 6.07 Å². The van der Waals surface area contributed by atoms with Crippen molar-refractivity contribution in [2.75, 3.05) is 5.32 Å². The highest BCUT2D eigenvalue weighted by atomic mass is 16.2. The van der Waals surface area contributed by atoms with Crippen molar-refractivity contribution in [1.82, 2.24) is 9.55 Å². The summed E-state index contributed by atoms with van der Waals surface area (Å²) in [5, 5.41) is 2.50. The molecule has 2 aromatic rings. The predicted octanol–water partition coefficient (Wildman–Crippen LogP) is 1.20. The van der Waals surface area contributed by atoms with Gasteiger partial charge >= 0.3 is 5.69 Å². The first-order valence-electron chi connectivity index (χ1n) is 6.32. The van der Waals surface area contributed by atoms with Crippen LogP contribution in [0.4, 0.5) is 5.82 Å². The van der Waals surface area contributed by atoms with Crippen molar-refractivity contribution in [3.05, 3.63) is 62.8 Å². The lowest BCUT2D eigenvalue weighted by Crippen LogP contribution is -2.35. The van der Waals surface area contributed by atoms with Gasteiger partial charge in [-0.25, -0.2) is 4.79 Å². The number of aromatic nitrogens is 2. The second-order valence-electron chi connectivity index (χ2n) is 4.30. The van der Waals surface area contributed by atoms with Crippen LogP contribution in [0, 0.1) is 0 Å². The van der Waals surface area contributed by atoms with Gasteiger partial charge in [-0.1, -0.05) is 25.1 Å². The number of nitrogens with zero attached hydrogens (tertiary/aromatic N) is 1. The Labute approximate surface area is 115 Å². The van der Waals surface area contributed by atoms with Crippen LogP contribution in [0.1, 0.15) is 23.7 Å². The summed E-state index contributed by atoms with van der Waals surface area (Å²) in [6, 6.07) is 9.76. The monoisotopic (exact) mass is 273 g/mol. The number of anilines is 1. The number of carbonyl (C=O) groups is 1. The number of aromatic amines is 1. The molecule has 0 bridgehead atoms. The molecule has 0 aliphatic rings. The van der Waals surface area contributed by atoms with E-state index in [1.807, 2.05) is 6.92 Å². The van der Waals surface area contributed by atoms with E-state index in [4.69, 9.17) is 0 Å². The van der Waals surface area contributed by atoms with Gasteiger partial charge in [-0.2, -0.15) is 0 Å². The number of amides is 1. The van der Waals surface area contributed by atoms with Crippen LogP contribution in [0.5, 0.6) is 0 Å². The van der Waals surface area contributed by atoms with Crippen molar-refractivity contribution in [3.63, 3.8) is 0 Å². The smallest absolute Gasteiger partial charge is 0.308 e. The number of carbonyl (C=O) groups excluding carboxylic acids is 1.